The normalized spacial score (nSPS) is 9.94. The minimum Gasteiger partial charge on any atom is -0.469 e. The number of benzene rings is 1. The van der Waals surface area contributed by atoms with Gasteiger partial charge in [0.05, 0.1) is 12.7 Å². The molecule has 1 aromatic carbocycles. The zero-order valence-electron chi connectivity index (χ0n) is 10.5. The molecule has 0 bridgehead atoms. The van der Waals surface area contributed by atoms with Crippen molar-refractivity contribution in [2.75, 3.05) is 13.7 Å². The first-order valence-corrected chi connectivity index (χ1v) is 6.45. The van der Waals surface area contributed by atoms with Crippen molar-refractivity contribution in [3.8, 4) is 0 Å². The molecule has 98 valence electrons. The summed E-state index contributed by atoms with van der Waals surface area (Å²) in [4.78, 5) is 22.7. The maximum Gasteiger partial charge on any atom is 0.305 e. The van der Waals surface area contributed by atoms with E-state index in [1.54, 1.807) is 6.07 Å². The first-order chi connectivity index (χ1) is 8.54. The second kappa shape index (κ2) is 7.16. The Bertz CT molecular complexity index is 446. The summed E-state index contributed by atoms with van der Waals surface area (Å²) in [7, 11) is 1.35. The summed E-state index contributed by atoms with van der Waals surface area (Å²) in [6.45, 7) is 2.41. The van der Waals surface area contributed by atoms with Gasteiger partial charge in [-0.3, -0.25) is 9.59 Å². The lowest BCUT2D eigenvalue weighted by molar-refractivity contribution is -0.140. The molecule has 0 fully saturated rings. The molecule has 4 nitrogen and oxygen atoms in total. The molecular weight excluding hydrogens is 298 g/mol. The van der Waals surface area contributed by atoms with E-state index in [1.165, 1.54) is 7.11 Å². The number of carbonyl (C=O) groups excluding carboxylic acids is 2. The lowest BCUT2D eigenvalue weighted by Crippen LogP contribution is -2.25. The molecule has 0 aliphatic heterocycles. The fraction of sp³-hybridized carbons (Fsp3) is 0.385. The minimum absolute atomic E-state index is 0.147. The topological polar surface area (TPSA) is 55.4 Å². The predicted molar refractivity (Wildman–Crippen MR) is 72.5 cm³/mol. The van der Waals surface area contributed by atoms with Gasteiger partial charge in [0.2, 0.25) is 0 Å². The van der Waals surface area contributed by atoms with Gasteiger partial charge in [-0.1, -0.05) is 6.07 Å². The van der Waals surface area contributed by atoms with E-state index >= 15 is 0 Å². The van der Waals surface area contributed by atoms with Gasteiger partial charge < -0.3 is 10.1 Å². The Kier molecular flexibility index (Phi) is 5.85. The molecule has 0 atom stereocenters. The number of nitrogens with one attached hydrogen (secondary N) is 1. The van der Waals surface area contributed by atoms with E-state index < -0.39 is 0 Å². The van der Waals surface area contributed by atoms with Crippen LogP contribution in [0.3, 0.4) is 0 Å². The largest absolute Gasteiger partial charge is 0.469 e. The molecule has 0 aromatic heterocycles. The van der Waals surface area contributed by atoms with Crippen molar-refractivity contribution in [3.05, 3.63) is 33.8 Å². The molecule has 1 rings (SSSR count). The number of esters is 1. The van der Waals surface area contributed by atoms with Crippen molar-refractivity contribution >= 4 is 27.8 Å². The maximum absolute atomic E-state index is 11.8. The second-order valence-electron chi connectivity index (χ2n) is 3.92. The van der Waals surface area contributed by atoms with Crippen LogP contribution in [0.25, 0.3) is 0 Å². The van der Waals surface area contributed by atoms with Gasteiger partial charge in [-0.2, -0.15) is 0 Å². The Balaban J connectivity index is 2.43. The molecule has 0 unspecified atom stereocenters. The molecule has 0 aliphatic carbocycles. The average Bonchev–Trinajstić information content (AvgIpc) is 2.34. The molecule has 1 aromatic rings. The summed E-state index contributed by atoms with van der Waals surface area (Å²) in [6, 6.07) is 5.55. The molecule has 0 heterocycles. The van der Waals surface area contributed by atoms with Gasteiger partial charge in [-0.15, -0.1) is 0 Å². The Hall–Kier alpha value is -1.36. The van der Waals surface area contributed by atoms with Crippen molar-refractivity contribution in [1.29, 1.82) is 0 Å². The highest BCUT2D eigenvalue weighted by Gasteiger charge is 2.09. The fourth-order valence-corrected chi connectivity index (χ4v) is 2.11. The van der Waals surface area contributed by atoms with Crippen LogP contribution in [0.5, 0.6) is 0 Å². The molecule has 0 spiro atoms. The highest BCUT2D eigenvalue weighted by atomic mass is 79.9. The number of aryl methyl sites for hydroxylation is 1. The summed E-state index contributed by atoms with van der Waals surface area (Å²) in [5.74, 6) is -0.410. The van der Waals surface area contributed by atoms with Crippen LogP contribution in [-0.2, 0) is 9.53 Å². The van der Waals surface area contributed by atoms with Gasteiger partial charge in [-0.25, -0.2) is 0 Å². The Morgan fingerprint density at radius 2 is 2.11 bits per heavy atom. The first kappa shape index (κ1) is 14.7. The first-order valence-electron chi connectivity index (χ1n) is 5.65. The molecular formula is C13H16BrNO3. The monoisotopic (exact) mass is 313 g/mol. The van der Waals surface area contributed by atoms with E-state index in [2.05, 4.69) is 26.0 Å². The SMILES string of the molecule is COC(=O)CCCNC(=O)c1ccc(C)cc1Br. The van der Waals surface area contributed by atoms with E-state index in [1.807, 2.05) is 19.1 Å². The third-order valence-electron chi connectivity index (χ3n) is 2.44. The van der Waals surface area contributed by atoms with E-state index in [-0.39, 0.29) is 11.9 Å². The van der Waals surface area contributed by atoms with Crippen LogP contribution in [0.2, 0.25) is 0 Å². The average molecular weight is 314 g/mol. The van der Waals surface area contributed by atoms with Crippen molar-refractivity contribution in [2.45, 2.75) is 19.8 Å². The standard InChI is InChI=1S/C13H16BrNO3/c1-9-5-6-10(11(14)8-9)13(17)15-7-3-4-12(16)18-2/h5-6,8H,3-4,7H2,1-2H3,(H,15,17). The van der Waals surface area contributed by atoms with Crippen molar-refractivity contribution in [2.24, 2.45) is 0 Å². The number of rotatable bonds is 5. The molecule has 0 radical (unpaired) electrons. The third kappa shape index (κ3) is 4.49. The summed E-state index contributed by atoms with van der Waals surface area (Å²) in [5, 5.41) is 2.76. The smallest absolute Gasteiger partial charge is 0.305 e. The second-order valence-corrected chi connectivity index (χ2v) is 4.77. The zero-order valence-corrected chi connectivity index (χ0v) is 12.0. The van der Waals surface area contributed by atoms with Crippen molar-refractivity contribution in [3.63, 3.8) is 0 Å². The van der Waals surface area contributed by atoms with Gasteiger partial charge in [0.15, 0.2) is 0 Å². The summed E-state index contributed by atoms with van der Waals surface area (Å²) in [5.41, 5.74) is 1.68. The number of halogens is 1. The maximum atomic E-state index is 11.8. The number of carbonyl (C=O) groups is 2. The van der Waals surface area contributed by atoms with Gasteiger partial charge in [0, 0.05) is 17.4 Å². The van der Waals surface area contributed by atoms with Crippen LogP contribution < -0.4 is 5.32 Å². The van der Waals surface area contributed by atoms with E-state index in [4.69, 9.17) is 0 Å². The predicted octanol–water partition coefficient (Wildman–Crippen LogP) is 2.44. The van der Waals surface area contributed by atoms with E-state index in [9.17, 15) is 9.59 Å². The van der Waals surface area contributed by atoms with E-state index in [0.29, 0.717) is 24.9 Å². The number of amides is 1. The van der Waals surface area contributed by atoms with Crippen LogP contribution in [0.15, 0.2) is 22.7 Å². The summed E-state index contributed by atoms with van der Waals surface area (Å²) < 4.78 is 5.29. The number of ether oxygens (including phenoxy) is 1. The lowest BCUT2D eigenvalue weighted by Gasteiger charge is -2.07. The van der Waals surface area contributed by atoms with Crippen LogP contribution >= 0.6 is 15.9 Å². The number of hydrogen-bond donors (Lipinski definition) is 1. The number of hydrogen-bond acceptors (Lipinski definition) is 3. The van der Waals surface area contributed by atoms with E-state index in [0.717, 1.165) is 10.0 Å². The Morgan fingerprint density at radius 1 is 1.39 bits per heavy atom. The Morgan fingerprint density at radius 3 is 2.72 bits per heavy atom. The van der Waals surface area contributed by atoms with Crippen molar-refractivity contribution < 1.29 is 14.3 Å². The van der Waals surface area contributed by atoms with Crippen LogP contribution in [-0.4, -0.2) is 25.5 Å². The molecule has 0 saturated heterocycles. The van der Waals surface area contributed by atoms with Crippen LogP contribution in [0.4, 0.5) is 0 Å². The van der Waals surface area contributed by atoms with Gasteiger partial charge in [0.25, 0.3) is 5.91 Å². The fourth-order valence-electron chi connectivity index (χ4n) is 1.44. The highest BCUT2D eigenvalue weighted by molar-refractivity contribution is 9.10. The molecule has 0 saturated carbocycles. The zero-order chi connectivity index (χ0) is 13.5. The Labute approximate surface area is 115 Å². The highest BCUT2D eigenvalue weighted by Crippen LogP contribution is 2.18. The summed E-state index contributed by atoms with van der Waals surface area (Å²) in [6.07, 6.45) is 0.883. The lowest BCUT2D eigenvalue weighted by atomic mass is 10.1. The van der Waals surface area contributed by atoms with Gasteiger partial charge in [-0.05, 0) is 47.0 Å². The van der Waals surface area contributed by atoms with Crippen LogP contribution in [0.1, 0.15) is 28.8 Å². The van der Waals surface area contributed by atoms with Gasteiger partial charge >= 0.3 is 5.97 Å². The third-order valence-corrected chi connectivity index (χ3v) is 3.10. The van der Waals surface area contributed by atoms with Gasteiger partial charge in [0.1, 0.15) is 0 Å². The van der Waals surface area contributed by atoms with Crippen molar-refractivity contribution in [1.82, 2.24) is 5.32 Å². The molecule has 0 aliphatic rings. The minimum atomic E-state index is -0.263. The quantitative estimate of drug-likeness (QED) is 0.671. The summed E-state index contributed by atoms with van der Waals surface area (Å²) >= 11 is 3.36. The molecule has 18 heavy (non-hydrogen) atoms. The van der Waals surface area contributed by atoms with Crippen LogP contribution in [0, 0.1) is 6.92 Å². The number of methoxy groups -OCH3 is 1. The molecule has 1 N–H and O–H groups in total. The molecule has 1 amide bonds. The molecule has 5 heteroatoms.